The molecule has 15 heavy (non-hydrogen) atoms. The van der Waals surface area contributed by atoms with Crippen molar-refractivity contribution in [1.82, 2.24) is 0 Å². The van der Waals surface area contributed by atoms with Crippen molar-refractivity contribution < 1.29 is 8.42 Å². The van der Waals surface area contributed by atoms with Gasteiger partial charge in [-0.25, -0.2) is 8.42 Å². The molecule has 0 fully saturated rings. The Morgan fingerprint density at radius 2 is 1.87 bits per heavy atom. The first-order chi connectivity index (χ1) is 6.84. The summed E-state index contributed by atoms with van der Waals surface area (Å²) in [5.74, 6) is 0. The van der Waals surface area contributed by atoms with E-state index in [0.717, 1.165) is 5.56 Å². The number of anilines is 1. The Morgan fingerprint density at radius 3 is 2.33 bits per heavy atom. The molecule has 5 heteroatoms. The molecule has 84 valence electrons. The van der Waals surface area contributed by atoms with Crippen LogP contribution in [0.15, 0.2) is 24.3 Å². The van der Waals surface area contributed by atoms with Crippen molar-refractivity contribution in [2.45, 2.75) is 13.0 Å². The summed E-state index contributed by atoms with van der Waals surface area (Å²) in [6, 6.07) is 7.04. The van der Waals surface area contributed by atoms with E-state index in [1.165, 1.54) is 17.6 Å². The maximum absolute atomic E-state index is 11.4. The Bertz CT molecular complexity index is 440. The molecule has 0 spiro atoms. The lowest BCUT2D eigenvalue weighted by molar-refractivity contribution is 0.600. The molecule has 0 saturated carbocycles. The lowest BCUT2D eigenvalue weighted by atomic mass is 10.1. The van der Waals surface area contributed by atoms with Gasteiger partial charge in [-0.05, 0) is 18.6 Å². The molecule has 1 unspecified atom stereocenters. The molecule has 1 rings (SSSR count). The van der Waals surface area contributed by atoms with Gasteiger partial charge in [-0.1, -0.05) is 18.2 Å². The standard InChI is InChI=1S/C10H16N2O2S/c1-8(11)9-6-4-5-7-10(9)12(2)15(3,13)14/h4-8H,11H2,1-3H3. The second-order valence-corrected chi connectivity index (χ2v) is 5.59. The molecule has 2 N–H and O–H groups in total. The number of nitrogens with two attached hydrogens (primary N) is 1. The van der Waals surface area contributed by atoms with Gasteiger partial charge < -0.3 is 5.73 Å². The lowest BCUT2D eigenvalue weighted by Crippen LogP contribution is -2.26. The molecule has 0 aromatic heterocycles. The summed E-state index contributed by atoms with van der Waals surface area (Å²) >= 11 is 0. The Hall–Kier alpha value is -1.07. The van der Waals surface area contributed by atoms with Crippen molar-refractivity contribution in [2.24, 2.45) is 5.73 Å². The normalized spacial score (nSPS) is 13.6. The second kappa shape index (κ2) is 4.20. The molecule has 1 aromatic rings. The highest BCUT2D eigenvalue weighted by Gasteiger charge is 2.16. The maximum atomic E-state index is 11.4. The van der Waals surface area contributed by atoms with E-state index >= 15 is 0 Å². The number of hydrogen-bond donors (Lipinski definition) is 1. The van der Waals surface area contributed by atoms with Crippen LogP contribution in [-0.4, -0.2) is 21.7 Å². The van der Waals surface area contributed by atoms with Crippen molar-refractivity contribution >= 4 is 15.7 Å². The van der Waals surface area contributed by atoms with Crippen molar-refractivity contribution in [1.29, 1.82) is 0 Å². The molecule has 1 aromatic carbocycles. The zero-order valence-corrected chi connectivity index (χ0v) is 9.95. The summed E-state index contributed by atoms with van der Waals surface area (Å²) in [6.45, 7) is 1.83. The van der Waals surface area contributed by atoms with Gasteiger partial charge in [-0.15, -0.1) is 0 Å². The highest BCUT2D eigenvalue weighted by molar-refractivity contribution is 7.92. The van der Waals surface area contributed by atoms with E-state index in [1.807, 2.05) is 19.1 Å². The largest absolute Gasteiger partial charge is 0.324 e. The fourth-order valence-corrected chi connectivity index (χ4v) is 1.86. The van der Waals surface area contributed by atoms with Crippen molar-refractivity contribution in [2.75, 3.05) is 17.6 Å². The molecule has 0 aliphatic carbocycles. The number of para-hydroxylation sites is 1. The number of rotatable bonds is 3. The van der Waals surface area contributed by atoms with E-state index < -0.39 is 10.0 Å². The minimum Gasteiger partial charge on any atom is -0.324 e. The van der Waals surface area contributed by atoms with Crippen LogP contribution in [0.3, 0.4) is 0 Å². The van der Waals surface area contributed by atoms with Crippen LogP contribution in [0.4, 0.5) is 5.69 Å². The number of sulfonamides is 1. The SMILES string of the molecule is CC(N)c1ccccc1N(C)S(C)(=O)=O. The third-order valence-electron chi connectivity index (χ3n) is 2.26. The van der Waals surface area contributed by atoms with Gasteiger partial charge >= 0.3 is 0 Å². The van der Waals surface area contributed by atoms with Gasteiger partial charge in [0, 0.05) is 13.1 Å². The van der Waals surface area contributed by atoms with Crippen LogP contribution in [0, 0.1) is 0 Å². The Morgan fingerprint density at radius 1 is 1.33 bits per heavy atom. The zero-order chi connectivity index (χ0) is 11.6. The molecule has 0 heterocycles. The van der Waals surface area contributed by atoms with Gasteiger partial charge in [-0.3, -0.25) is 4.31 Å². The Balaban J connectivity index is 3.26. The van der Waals surface area contributed by atoms with Gasteiger partial charge in [0.15, 0.2) is 0 Å². The highest BCUT2D eigenvalue weighted by atomic mass is 32.2. The van der Waals surface area contributed by atoms with Crippen molar-refractivity contribution in [3.8, 4) is 0 Å². The van der Waals surface area contributed by atoms with Crippen LogP contribution >= 0.6 is 0 Å². The fourth-order valence-electron chi connectivity index (χ4n) is 1.34. The Kier molecular flexibility index (Phi) is 3.36. The van der Waals surface area contributed by atoms with E-state index in [9.17, 15) is 8.42 Å². The van der Waals surface area contributed by atoms with Crippen LogP contribution in [-0.2, 0) is 10.0 Å². The van der Waals surface area contributed by atoms with Gasteiger partial charge in [0.2, 0.25) is 10.0 Å². The molecular weight excluding hydrogens is 212 g/mol. The van der Waals surface area contributed by atoms with E-state index in [2.05, 4.69) is 0 Å². The molecule has 0 bridgehead atoms. The summed E-state index contributed by atoms with van der Waals surface area (Å²) in [4.78, 5) is 0. The molecule has 0 saturated heterocycles. The minimum absolute atomic E-state index is 0.189. The van der Waals surface area contributed by atoms with Gasteiger partial charge in [0.1, 0.15) is 0 Å². The predicted octanol–water partition coefficient (Wildman–Crippen LogP) is 1.10. The fraction of sp³-hybridized carbons (Fsp3) is 0.400. The molecule has 0 aliphatic rings. The average Bonchev–Trinajstić information content (AvgIpc) is 2.15. The van der Waals surface area contributed by atoms with Gasteiger partial charge in [0.25, 0.3) is 0 Å². The van der Waals surface area contributed by atoms with Crippen LogP contribution in [0.2, 0.25) is 0 Å². The molecule has 0 radical (unpaired) electrons. The van der Waals surface area contributed by atoms with Crippen molar-refractivity contribution in [3.63, 3.8) is 0 Å². The van der Waals surface area contributed by atoms with E-state index in [1.54, 1.807) is 12.1 Å². The summed E-state index contributed by atoms with van der Waals surface area (Å²) in [5.41, 5.74) is 7.23. The maximum Gasteiger partial charge on any atom is 0.232 e. The Labute approximate surface area is 90.8 Å². The third kappa shape index (κ3) is 2.70. The molecule has 0 amide bonds. The summed E-state index contributed by atoms with van der Waals surface area (Å²) < 4.78 is 24.0. The average molecular weight is 228 g/mol. The third-order valence-corrected chi connectivity index (χ3v) is 3.46. The number of benzene rings is 1. The monoisotopic (exact) mass is 228 g/mol. The van der Waals surface area contributed by atoms with E-state index in [0.29, 0.717) is 5.69 Å². The van der Waals surface area contributed by atoms with Gasteiger partial charge in [-0.2, -0.15) is 0 Å². The lowest BCUT2D eigenvalue weighted by Gasteiger charge is -2.21. The second-order valence-electron chi connectivity index (χ2n) is 3.58. The van der Waals surface area contributed by atoms with E-state index in [4.69, 9.17) is 5.73 Å². The van der Waals surface area contributed by atoms with Crippen LogP contribution in [0.5, 0.6) is 0 Å². The summed E-state index contributed by atoms with van der Waals surface area (Å²) in [7, 11) is -1.71. The first-order valence-electron chi connectivity index (χ1n) is 4.62. The number of nitrogens with zero attached hydrogens (tertiary/aromatic N) is 1. The topological polar surface area (TPSA) is 63.4 Å². The molecular formula is C10H16N2O2S. The minimum atomic E-state index is -3.23. The van der Waals surface area contributed by atoms with E-state index in [-0.39, 0.29) is 6.04 Å². The van der Waals surface area contributed by atoms with Crippen LogP contribution < -0.4 is 10.0 Å². The summed E-state index contributed by atoms with van der Waals surface area (Å²) in [5, 5.41) is 0. The predicted molar refractivity (Wildman–Crippen MR) is 62.3 cm³/mol. The molecule has 4 nitrogen and oxygen atoms in total. The smallest absolute Gasteiger partial charge is 0.232 e. The van der Waals surface area contributed by atoms with Crippen molar-refractivity contribution in [3.05, 3.63) is 29.8 Å². The quantitative estimate of drug-likeness (QED) is 0.842. The first kappa shape index (κ1) is 12.0. The van der Waals surface area contributed by atoms with Crippen LogP contribution in [0.25, 0.3) is 0 Å². The zero-order valence-electron chi connectivity index (χ0n) is 9.14. The van der Waals surface area contributed by atoms with Crippen LogP contribution in [0.1, 0.15) is 18.5 Å². The summed E-state index contributed by atoms with van der Waals surface area (Å²) in [6.07, 6.45) is 1.17. The highest BCUT2D eigenvalue weighted by Crippen LogP contribution is 2.25. The molecule has 1 atom stereocenters. The molecule has 0 aliphatic heterocycles. The van der Waals surface area contributed by atoms with Gasteiger partial charge in [0.05, 0.1) is 11.9 Å². The number of hydrogen-bond acceptors (Lipinski definition) is 3. The first-order valence-corrected chi connectivity index (χ1v) is 6.47.